The zero-order chi connectivity index (χ0) is 11.3. The maximum atomic E-state index is 5.32. The second-order valence-electron chi connectivity index (χ2n) is 4.81. The van der Waals surface area contributed by atoms with Gasteiger partial charge in [0.25, 0.3) is 0 Å². The summed E-state index contributed by atoms with van der Waals surface area (Å²) in [6.45, 7) is 7.24. The number of para-hydroxylation sites is 1. The molecule has 0 unspecified atom stereocenters. The summed E-state index contributed by atoms with van der Waals surface area (Å²) in [4.78, 5) is 1.26. The molecule has 0 aliphatic rings. The fourth-order valence-corrected chi connectivity index (χ4v) is 4.75. The third-order valence-electron chi connectivity index (χ3n) is 2.18. The van der Waals surface area contributed by atoms with Crippen molar-refractivity contribution in [2.24, 2.45) is 0 Å². The molecule has 0 heterocycles. The van der Waals surface area contributed by atoms with Crippen LogP contribution in [0.1, 0.15) is 0 Å². The molecule has 1 aromatic rings. The number of hydrogen-bond donors (Lipinski definition) is 0. The van der Waals surface area contributed by atoms with Crippen molar-refractivity contribution in [1.29, 1.82) is 0 Å². The number of benzene rings is 1. The van der Waals surface area contributed by atoms with Gasteiger partial charge in [0.15, 0.2) is 0 Å². The molecule has 0 bridgehead atoms. The summed E-state index contributed by atoms with van der Waals surface area (Å²) >= 11 is 1.91. The summed E-state index contributed by atoms with van der Waals surface area (Å²) in [6, 6.07) is 9.60. The predicted octanol–water partition coefficient (Wildman–Crippen LogP) is 4.13. The summed E-state index contributed by atoms with van der Waals surface area (Å²) in [7, 11) is 0.834. The van der Waals surface area contributed by atoms with E-state index in [-0.39, 0.29) is 0 Å². The van der Waals surface area contributed by atoms with Gasteiger partial charge in [0.05, 0.1) is 7.11 Å². The van der Waals surface area contributed by atoms with E-state index in [2.05, 4.69) is 31.8 Å². The lowest BCUT2D eigenvalue weighted by Crippen LogP contribution is -2.19. The standard InChI is InChI=1S/C12H20OSSi/c1-13-11-7-5-6-8-12(11)14-9-10-15(2,3)4/h5-8H,9-10H2,1-4H3. The van der Waals surface area contributed by atoms with E-state index in [4.69, 9.17) is 4.74 Å². The number of thioether (sulfide) groups is 1. The largest absolute Gasteiger partial charge is 0.496 e. The minimum atomic E-state index is -0.900. The highest BCUT2D eigenvalue weighted by Crippen LogP contribution is 2.30. The molecule has 3 heteroatoms. The van der Waals surface area contributed by atoms with Crippen molar-refractivity contribution in [2.75, 3.05) is 12.9 Å². The van der Waals surface area contributed by atoms with Crippen molar-refractivity contribution < 1.29 is 4.74 Å². The molecule has 1 rings (SSSR count). The second kappa shape index (κ2) is 5.61. The van der Waals surface area contributed by atoms with Crippen LogP contribution in [0.2, 0.25) is 25.7 Å². The molecular formula is C12H20OSSi. The highest BCUT2D eigenvalue weighted by molar-refractivity contribution is 7.99. The van der Waals surface area contributed by atoms with E-state index in [0.717, 1.165) is 5.75 Å². The van der Waals surface area contributed by atoms with E-state index in [1.807, 2.05) is 23.9 Å². The molecule has 0 aliphatic carbocycles. The van der Waals surface area contributed by atoms with Crippen LogP contribution in [0.3, 0.4) is 0 Å². The van der Waals surface area contributed by atoms with Crippen LogP contribution in [0.25, 0.3) is 0 Å². The molecule has 0 fully saturated rings. The molecule has 0 spiro atoms. The Morgan fingerprint density at radius 3 is 2.47 bits per heavy atom. The SMILES string of the molecule is COc1ccccc1SCC[Si](C)(C)C. The van der Waals surface area contributed by atoms with Gasteiger partial charge in [-0.25, -0.2) is 0 Å². The molecule has 0 N–H and O–H groups in total. The second-order valence-corrected chi connectivity index (χ2v) is 11.6. The van der Waals surface area contributed by atoms with E-state index >= 15 is 0 Å². The van der Waals surface area contributed by atoms with Crippen LogP contribution in [-0.4, -0.2) is 20.9 Å². The molecule has 0 saturated heterocycles. The first-order valence-electron chi connectivity index (χ1n) is 5.29. The molecule has 0 atom stereocenters. The Kier molecular flexibility index (Phi) is 4.73. The third-order valence-corrected chi connectivity index (χ3v) is 5.35. The summed E-state index contributed by atoms with van der Waals surface area (Å²) in [5.74, 6) is 2.20. The van der Waals surface area contributed by atoms with Gasteiger partial charge in [-0.1, -0.05) is 31.8 Å². The van der Waals surface area contributed by atoms with E-state index in [9.17, 15) is 0 Å². The lowest BCUT2D eigenvalue weighted by molar-refractivity contribution is 0.405. The fraction of sp³-hybridized carbons (Fsp3) is 0.500. The van der Waals surface area contributed by atoms with Gasteiger partial charge >= 0.3 is 0 Å². The van der Waals surface area contributed by atoms with Gasteiger partial charge in [-0.05, 0) is 23.9 Å². The van der Waals surface area contributed by atoms with Gasteiger partial charge in [0.2, 0.25) is 0 Å². The Bertz CT molecular complexity index is 307. The molecule has 0 amide bonds. The average molecular weight is 240 g/mol. The Labute approximate surface area is 98.2 Å². The van der Waals surface area contributed by atoms with Crippen molar-refractivity contribution in [3.63, 3.8) is 0 Å². The van der Waals surface area contributed by atoms with Crippen LogP contribution < -0.4 is 4.74 Å². The van der Waals surface area contributed by atoms with Crippen LogP contribution in [0.15, 0.2) is 29.2 Å². The van der Waals surface area contributed by atoms with Gasteiger partial charge in [0, 0.05) is 13.0 Å². The Morgan fingerprint density at radius 2 is 1.87 bits per heavy atom. The van der Waals surface area contributed by atoms with Crippen molar-refractivity contribution in [1.82, 2.24) is 0 Å². The third kappa shape index (κ3) is 4.75. The quantitative estimate of drug-likeness (QED) is 0.565. The lowest BCUT2D eigenvalue weighted by Gasteiger charge is -2.15. The maximum absolute atomic E-state index is 5.32. The Balaban J connectivity index is 2.50. The fourth-order valence-electron chi connectivity index (χ4n) is 1.21. The Hall–Kier alpha value is -0.413. The molecule has 15 heavy (non-hydrogen) atoms. The molecule has 84 valence electrons. The molecule has 1 nitrogen and oxygen atoms in total. The van der Waals surface area contributed by atoms with Gasteiger partial charge in [-0.3, -0.25) is 0 Å². The summed E-state index contributed by atoms with van der Waals surface area (Å²) in [6.07, 6.45) is 0. The topological polar surface area (TPSA) is 9.23 Å². The van der Waals surface area contributed by atoms with Crippen molar-refractivity contribution >= 4 is 19.8 Å². The molecule has 0 aliphatic heterocycles. The summed E-state index contributed by atoms with van der Waals surface area (Å²) in [5.41, 5.74) is 0. The first kappa shape index (κ1) is 12.7. The molecule has 0 aromatic heterocycles. The highest BCUT2D eigenvalue weighted by Gasteiger charge is 2.12. The molecule has 1 aromatic carbocycles. The van der Waals surface area contributed by atoms with Crippen LogP contribution in [0.5, 0.6) is 5.75 Å². The number of methoxy groups -OCH3 is 1. The van der Waals surface area contributed by atoms with E-state index < -0.39 is 8.07 Å². The zero-order valence-electron chi connectivity index (χ0n) is 10.0. The zero-order valence-corrected chi connectivity index (χ0v) is 11.9. The van der Waals surface area contributed by atoms with Crippen LogP contribution in [0, 0.1) is 0 Å². The molecule has 0 saturated carbocycles. The first-order valence-corrected chi connectivity index (χ1v) is 9.98. The maximum Gasteiger partial charge on any atom is 0.132 e. The van der Waals surface area contributed by atoms with Crippen LogP contribution in [-0.2, 0) is 0 Å². The number of ether oxygens (including phenoxy) is 1. The number of rotatable bonds is 5. The van der Waals surface area contributed by atoms with Crippen molar-refractivity contribution in [2.45, 2.75) is 30.6 Å². The lowest BCUT2D eigenvalue weighted by atomic mass is 10.3. The smallest absolute Gasteiger partial charge is 0.132 e. The summed E-state index contributed by atoms with van der Waals surface area (Å²) in [5, 5.41) is 0. The van der Waals surface area contributed by atoms with E-state index in [1.165, 1.54) is 16.7 Å². The first-order chi connectivity index (χ1) is 7.03. The van der Waals surface area contributed by atoms with Crippen molar-refractivity contribution in [3.8, 4) is 5.75 Å². The van der Waals surface area contributed by atoms with Crippen LogP contribution >= 0.6 is 11.8 Å². The molecule has 0 radical (unpaired) electrons. The minimum Gasteiger partial charge on any atom is -0.496 e. The molecular weight excluding hydrogens is 220 g/mol. The van der Waals surface area contributed by atoms with Gasteiger partial charge < -0.3 is 4.74 Å². The normalized spacial score (nSPS) is 11.5. The van der Waals surface area contributed by atoms with Gasteiger partial charge in [-0.15, -0.1) is 11.8 Å². The van der Waals surface area contributed by atoms with Gasteiger partial charge in [0.1, 0.15) is 5.75 Å². The highest BCUT2D eigenvalue weighted by atomic mass is 32.2. The van der Waals surface area contributed by atoms with E-state index in [1.54, 1.807) is 7.11 Å². The minimum absolute atomic E-state index is 0.900. The van der Waals surface area contributed by atoms with Gasteiger partial charge in [-0.2, -0.15) is 0 Å². The number of hydrogen-bond acceptors (Lipinski definition) is 2. The van der Waals surface area contributed by atoms with Crippen molar-refractivity contribution in [3.05, 3.63) is 24.3 Å². The van der Waals surface area contributed by atoms with Crippen LogP contribution in [0.4, 0.5) is 0 Å². The Morgan fingerprint density at radius 1 is 1.20 bits per heavy atom. The average Bonchev–Trinajstić information content (AvgIpc) is 2.16. The monoisotopic (exact) mass is 240 g/mol. The summed E-state index contributed by atoms with van der Waals surface area (Å²) < 4.78 is 5.32. The predicted molar refractivity (Wildman–Crippen MR) is 71.9 cm³/mol. The van der Waals surface area contributed by atoms with E-state index in [0.29, 0.717) is 0 Å².